The van der Waals surface area contributed by atoms with E-state index in [9.17, 15) is 10.2 Å². The van der Waals surface area contributed by atoms with E-state index in [4.69, 9.17) is 0 Å². The fraction of sp³-hybridized carbons (Fsp3) is 0. The van der Waals surface area contributed by atoms with E-state index >= 15 is 0 Å². The summed E-state index contributed by atoms with van der Waals surface area (Å²) in [5.74, 6) is 0.530. The summed E-state index contributed by atoms with van der Waals surface area (Å²) in [5.41, 5.74) is 3.12. The predicted octanol–water partition coefficient (Wildman–Crippen LogP) is 4.91. The second-order valence-electron chi connectivity index (χ2n) is 5.46. The number of aromatic nitrogens is 2. The topological polar surface area (TPSA) is 66.2 Å². The van der Waals surface area contributed by atoms with Gasteiger partial charge in [0.1, 0.15) is 11.5 Å². The van der Waals surface area contributed by atoms with E-state index < -0.39 is 0 Å². The molecule has 0 fully saturated rings. The van der Waals surface area contributed by atoms with Crippen molar-refractivity contribution in [3.05, 3.63) is 97.3 Å². The molecule has 2 N–H and O–H groups in total. The number of para-hydroxylation sites is 2. The van der Waals surface area contributed by atoms with Gasteiger partial charge in [-0.3, -0.25) is 9.97 Å². The molecule has 0 spiro atoms. The van der Waals surface area contributed by atoms with Crippen LogP contribution in [0.2, 0.25) is 0 Å². The van der Waals surface area contributed by atoms with Gasteiger partial charge in [0.2, 0.25) is 0 Å². The van der Waals surface area contributed by atoms with E-state index in [1.54, 1.807) is 36.7 Å². The zero-order valence-corrected chi connectivity index (χ0v) is 17.7. The summed E-state index contributed by atoms with van der Waals surface area (Å²) in [7, 11) is 0. The Balaban J connectivity index is 0.000000187. The minimum absolute atomic E-state index is 0. The van der Waals surface area contributed by atoms with Crippen LogP contribution in [0.1, 0.15) is 0 Å². The molecule has 128 valence electrons. The molecule has 0 bridgehead atoms. The third-order valence-corrected chi connectivity index (χ3v) is 3.69. The number of phenols is 2. The predicted molar refractivity (Wildman–Crippen MR) is 103 cm³/mol. The van der Waals surface area contributed by atoms with Gasteiger partial charge in [0.25, 0.3) is 0 Å². The second kappa shape index (κ2) is 10.2. The largest absolute Gasteiger partial charge is 2.00 e. The number of nitrogens with zero attached hydrogens (tertiary/aromatic N) is 2. The molecule has 0 aliphatic carbocycles. The first-order valence-corrected chi connectivity index (χ1v) is 8.14. The maximum atomic E-state index is 9.52. The Morgan fingerprint density at radius 1 is 0.481 bits per heavy atom. The van der Waals surface area contributed by atoms with Gasteiger partial charge in [-0.15, -0.1) is 0 Å². The molecule has 0 aliphatic heterocycles. The van der Waals surface area contributed by atoms with Crippen molar-refractivity contribution in [2.75, 3.05) is 0 Å². The van der Waals surface area contributed by atoms with Crippen molar-refractivity contribution in [1.82, 2.24) is 9.97 Å². The monoisotopic (exact) mass is 406 g/mol. The molecule has 5 heteroatoms. The molecule has 0 unspecified atom stereocenters. The van der Waals surface area contributed by atoms with Crippen LogP contribution in [-0.4, -0.2) is 20.2 Å². The third-order valence-electron chi connectivity index (χ3n) is 3.69. The Morgan fingerprint density at radius 3 is 1.19 bits per heavy atom. The van der Waals surface area contributed by atoms with E-state index in [1.165, 1.54) is 0 Å². The zero-order valence-electron chi connectivity index (χ0n) is 14.7. The van der Waals surface area contributed by atoms with Crippen LogP contribution in [0.5, 0.6) is 11.5 Å². The molecule has 4 aromatic rings. The molecule has 27 heavy (non-hydrogen) atoms. The van der Waals surface area contributed by atoms with Crippen molar-refractivity contribution in [2.45, 2.75) is 0 Å². The Bertz CT molecular complexity index is 883. The van der Waals surface area contributed by atoms with Gasteiger partial charge in [-0.05, 0) is 48.5 Å². The second-order valence-corrected chi connectivity index (χ2v) is 5.46. The zero-order chi connectivity index (χ0) is 18.2. The average molecular weight is 408 g/mol. The summed E-state index contributed by atoms with van der Waals surface area (Å²) >= 11 is 0. The molecule has 0 saturated heterocycles. The number of phenolic OH excluding ortho intramolecular Hbond substituents is 2. The Labute approximate surface area is 171 Å². The van der Waals surface area contributed by atoms with Crippen LogP contribution >= 0.6 is 0 Å². The summed E-state index contributed by atoms with van der Waals surface area (Å²) in [5, 5.41) is 19.0. The van der Waals surface area contributed by atoms with E-state index in [1.807, 2.05) is 60.7 Å². The number of rotatable bonds is 2. The van der Waals surface area contributed by atoms with E-state index in [0.29, 0.717) is 0 Å². The van der Waals surface area contributed by atoms with Crippen molar-refractivity contribution in [1.29, 1.82) is 0 Å². The summed E-state index contributed by atoms with van der Waals surface area (Å²) in [6.45, 7) is 0. The third kappa shape index (κ3) is 5.47. The van der Waals surface area contributed by atoms with Crippen LogP contribution in [0.3, 0.4) is 0 Å². The standard InChI is InChI=1S/2C11H9NO.Zn/c2*13-11-7-2-1-5-9(11)10-6-3-4-8-12-10;/h2*1-8,13H;/q;;+2. The van der Waals surface area contributed by atoms with Crippen molar-refractivity contribution in [2.24, 2.45) is 0 Å². The van der Waals surface area contributed by atoms with Gasteiger partial charge in [0.15, 0.2) is 0 Å². The number of hydrogen-bond donors (Lipinski definition) is 2. The van der Waals surface area contributed by atoms with Gasteiger partial charge < -0.3 is 10.2 Å². The van der Waals surface area contributed by atoms with Crippen LogP contribution < -0.4 is 0 Å². The Hall–Kier alpha value is -3.04. The van der Waals surface area contributed by atoms with Crippen molar-refractivity contribution in [3.8, 4) is 34.0 Å². The van der Waals surface area contributed by atoms with Crippen LogP contribution in [0.4, 0.5) is 0 Å². The molecule has 2 heterocycles. The minimum atomic E-state index is 0. The summed E-state index contributed by atoms with van der Waals surface area (Å²) in [6.07, 6.45) is 3.42. The van der Waals surface area contributed by atoms with Crippen LogP contribution in [0.15, 0.2) is 97.3 Å². The molecular weight excluding hydrogens is 390 g/mol. The summed E-state index contributed by atoms with van der Waals surface area (Å²) in [4.78, 5) is 8.30. The SMILES string of the molecule is Oc1ccccc1-c1ccccn1.Oc1ccccc1-c1ccccn1.[Zn+2]. The van der Waals surface area contributed by atoms with Gasteiger partial charge in [-0.1, -0.05) is 36.4 Å². The van der Waals surface area contributed by atoms with Gasteiger partial charge in [-0.25, -0.2) is 0 Å². The number of pyridine rings is 2. The summed E-state index contributed by atoms with van der Waals surface area (Å²) in [6, 6.07) is 25.6. The quantitative estimate of drug-likeness (QED) is 0.463. The van der Waals surface area contributed by atoms with E-state index in [0.717, 1.165) is 22.5 Å². The van der Waals surface area contributed by atoms with E-state index in [2.05, 4.69) is 9.97 Å². The molecule has 2 aromatic carbocycles. The minimum Gasteiger partial charge on any atom is -0.507 e. The molecule has 2 aromatic heterocycles. The molecule has 4 rings (SSSR count). The maximum absolute atomic E-state index is 9.52. The average Bonchev–Trinajstić information content (AvgIpc) is 2.71. The normalized spacial score (nSPS) is 9.48. The van der Waals surface area contributed by atoms with E-state index in [-0.39, 0.29) is 31.0 Å². The van der Waals surface area contributed by atoms with Gasteiger partial charge >= 0.3 is 19.5 Å². The summed E-state index contributed by atoms with van der Waals surface area (Å²) < 4.78 is 0. The fourth-order valence-corrected chi connectivity index (χ4v) is 2.42. The Morgan fingerprint density at radius 2 is 0.852 bits per heavy atom. The molecule has 0 radical (unpaired) electrons. The number of aromatic hydroxyl groups is 2. The molecular formula is C22H18N2O2Zn+2. The first kappa shape index (κ1) is 20.3. The number of benzene rings is 2. The van der Waals surface area contributed by atoms with Crippen LogP contribution in [-0.2, 0) is 19.5 Å². The van der Waals surface area contributed by atoms with Crippen molar-refractivity contribution >= 4 is 0 Å². The molecule has 4 nitrogen and oxygen atoms in total. The van der Waals surface area contributed by atoms with Crippen LogP contribution in [0, 0.1) is 0 Å². The molecule has 0 aliphatic rings. The van der Waals surface area contributed by atoms with Gasteiger partial charge in [-0.2, -0.15) is 0 Å². The Kier molecular flexibility index (Phi) is 7.66. The maximum Gasteiger partial charge on any atom is 2.00 e. The molecule has 0 atom stereocenters. The van der Waals surface area contributed by atoms with Crippen LogP contribution in [0.25, 0.3) is 22.5 Å². The van der Waals surface area contributed by atoms with Gasteiger partial charge in [0.05, 0.1) is 11.4 Å². The molecule has 0 saturated carbocycles. The first-order valence-electron chi connectivity index (χ1n) is 8.14. The van der Waals surface area contributed by atoms with Crippen molar-refractivity contribution in [3.63, 3.8) is 0 Å². The molecule has 0 amide bonds. The van der Waals surface area contributed by atoms with Crippen molar-refractivity contribution < 1.29 is 29.7 Å². The first-order chi connectivity index (χ1) is 12.8. The number of hydrogen-bond acceptors (Lipinski definition) is 4. The fourth-order valence-electron chi connectivity index (χ4n) is 2.42. The van der Waals surface area contributed by atoms with Gasteiger partial charge in [0, 0.05) is 23.5 Å². The smallest absolute Gasteiger partial charge is 0.507 e.